The zero-order valence-electron chi connectivity index (χ0n) is 12.0. The van der Waals surface area contributed by atoms with Crippen molar-refractivity contribution in [1.82, 2.24) is 10.6 Å². The Balaban J connectivity index is 2.62. The van der Waals surface area contributed by atoms with Crippen LogP contribution in [-0.2, 0) is 9.59 Å². The van der Waals surface area contributed by atoms with Gasteiger partial charge >= 0.3 is 5.97 Å². The highest BCUT2D eigenvalue weighted by Gasteiger charge is 2.40. The van der Waals surface area contributed by atoms with Gasteiger partial charge in [0.25, 0.3) is 6.92 Å². The average Bonchev–Trinajstić information content (AvgIpc) is 2.72. The Kier molecular flexibility index (Phi) is 6.44. The molecular weight excluding hydrogens is 261 g/mol. The summed E-state index contributed by atoms with van der Waals surface area (Å²) in [5, 5.41) is 24.2. The summed E-state index contributed by atoms with van der Waals surface area (Å²) in [7, 11) is 0. The first-order chi connectivity index (χ1) is 9.32. The number of hydrogen-bond donors (Lipinski definition) is 5. The topological polar surface area (TPSA) is 125 Å². The summed E-state index contributed by atoms with van der Waals surface area (Å²) >= 11 is 0. The molecule has 4 unspecified atom stereocenters. The molecule has 1 heterocycles. The van der Waals surface area contributed by atoms with Crippen LogP contribution in [0.5, 0.6) is 0 Å². The minimum Gasteiger partial charge on any atom is -0.480 e. The monoisotopic (exact) mass is 285 g/mol. The Bertz CT molecular complexity index is 352. The summed E-state index contributed by atoms with van der Waals surface area (Å²) in [6, 6.07) is -1.51. The van der Waals surface area contributed by atoms with Crippen LogP contribution in [0, 0.1) is 5.92 Å². The van der Waals surface area contributed by atoms with Crippen LogP contribution < -0.4 is 16.4 Å². The molecule has 0 spiro atoms. The van der Waals surface area contributed by atoms with Crippen molar-refractivity contribution in [1.29, 1.82) is 0 Å². The van der Waals surface area contributed by atoms with Gasteiger partial charge in [0.05, 0.1) is 6.04 Å². The number of amides is 1. The van der Waals surface area contributed by atoms with E-state index in [1.807, 2.05) is 0 Å². The molecular formula is C12H24BN3O4. The number of hydrogen-bond acceptors (Lipinski definition) is 5. The number of nitrogens with two attached hydrogens (primary N) is 1. The number of carbonyl (C=O) groups excluding carboxylic acids is 1. The molecule has 1 rings (SSSR count). The van der Waals surface area contributed by atoms with Gasteiger partial charge in [0.15, 0.2) is 0 Å². The van der Waals surface area contributed by atoms with Gasteiger partial charge in [-0.15, -0.1) is 0 Å². The molecule has 0 radical (unpaired) electrons. The molecule has 6 N–H and O–H groups in total. The third-order valence-corrected chi connectivity index (χ3v) is 3.67. The predicted octanol–water partition coefficient (Wildman–Crippen LogP) is -1.12. The lowest BCUT2D eigenvalue weighted by molar-refractivity contribution is -0.140. The van der Waals surface area contributed by atoms with Crippen LogP contribution in [-0.4, -0.2) is 53.6 Å². The van der Waals surface area contributed by atoms with Crippen molar-refractivity contribution in [3.8, 4) is 0 Å². The number of carboxylic acid groups (broad SMARTS) is 1. The van der Waals surface area contributed by atoms with Gasteiger partial charge in [-0.3, -0.25) is 9.59 Å². The second kappa shape index (κ2) is 7.61. The maximum absolute atomic E-state index is 11.7. The van der Waals surface area contributed by atoms with E-state index in [2.05, 4.69) is 10.6 Å². The number of carbonyl (C=O) groups is 2. The molecule has 0 aromatic heterocycles. The standard InChI is InChI=1S/C12H24BN3O4/c1-7(14)11(17)16-9-6-15-10(12(18)19)8(9)4-3-5-13(2)20/h7-10,15,20H,3-6,14H2,1-2H3,(H,16,17)(H,18,19). The van der Waals surface area contributed by atoms with Gasteiger partial charge in [-0.25, -0.2) is 0 Å². The molecule has 114 valence electrons. The first kappa shape index (κ1) is 16.9. The molecule has 1 saturated heterocycles. The minimum atomic E-state index is -0.912. The Hall–Kier alpha value is -1.12. The molecule has 8 heteroatoms. The lowest BCUT2D eigenvalue weighted by atomic mass is 9.66. The quantitative estimate of drug-likeness (QED) is 0.378. The van der Waals surface area contributed by atoms with Crippen molar-refractivity contribution in [2.75, 3.05) is 6.54 Å². The second-order valence-electron chi connectivity index (χ2n) is 5.57. The summed E-state index contributed by atoms with van der Waals surface area (Å²) in [5.74, 6) is -1.37. The third-order valence-electron chi connectivity index (χ3n) is 3.67. The molecule has 1 amide bonds. The van der Waals surface area contributed by atoms with Crippen molar-refractivity contribution in [2.45, 2.75) is 51.0 Å². The third kappa shape index (κ3) is 4.77. The number of rotatable bonds is 7. The number of nitrogens with one attached hydrogen (secondary N) is 2. The van der Waals surface area contributed by atoms with Crippen LogP contribution in [0.1, 0.15) is 19.8 Å². The maximum atomic E-state index is 11.7. The first-order valence-corrected chi connectivity index (χ1v) is 7.03. The largest absolute Gasteiger partial charge is 0.480 e. The molecule has 0 aliphatic carbocycles. The van der Waals surface area contributed by atoms with E-state index < -0.39 is 25.0 Å². The molecule has 1 fully saturated rings. The van der Waals surface area contributed by atoms with Crippen LogP contribution in [0.4, 0.5) is 0 Å². The van der Waals surface area contributed by atoms with Gasteiger partial charge in [0.2, 0.25) is 5.91 Å². The zero-order valence-corrected chi connectivity index (χ0v) is 12.0. The lowest BCUT2D eigenvalue weighted by Crippen LogP contribution is -2.48. The SMILES string of the molecule is CB(O)CCCC1C(NC(=O)C(C)N)CNC1C(=O)O. The van der Waals surface area contributed by atoms with Gasteiger partial charge in [0, 0.05) is 18.5 Å². The van der Waals surface area contributed by atoms with Gasteiger partial charge in [-0.2, -0.15) is 0 Å². The maximum Gasteiger partial charge on any atom is 0.321 e. The van der Waals surface area contributed by atoms with Crippen molar-refractivity contribution >= 4 is 18.8 Å². The molecule has 4 atom stereocenters. The molecule has 1 aliphatic heterocycles. The molecule has 20 heavy (non-hydrogen) atoms. The summed E-state index contributed by atoms with van der Waals surface area (Å²) in [6.45, 7) is 3.32. The van der Waals surface area contributed by atoms with E-state index in [9.17, 15) is 19.7 Å². The van der Waals surface area contributed by atoms with Gasteiger partial charge < -0.3 is 26.5 Å². The van der Waals surface area contributed by atoms with Crippen LogP contribution in [0.2, 0.25) is 13.1 Å². The average molecular weight is 285 g/mol. The van der Waals surface area contributed by atoms with Crippen molar-refractivity contribution in [3.63, 3.8) is 0 Å². The fourth-order valence-corrected chi connectivity index (χ4v) is 2.55. The molecule has 7 nitrogen and oxygen atoms in total. The van der Waals surface area contributed by atoms with Crippen LogP contribution in [0.3, 0.4) is 0 Å². The van der Waals surface area contributed by atoms with E-state index >= 15 is 0 Å². The molecule has 0 aromatic rings. The molecule has 1 aliphatic rings. The zero-order chi connectivity index (χ0) is 15.3. The van der Waals surface area contributed by atoms with Crippen molar-refractivity contribution < 1.29 is 19.7 Å². The molecule has 0 bridgehead atoms. The molecule has 0 aromatic carbocycles. The summed E-state index contributed by atoms with van der Waals surface area (Å²) < 4.78 is 0. The van der Waals surface area contributed by atoms with Crippen LogP contribution in [0.25, 0.3) is 0 Å². The van der Waals surface area contributed by atoms with E-state index in [0.717, 1.165) is 6.42 Å². The Labute approximate surface area is 119 Å². The summed E-state index contributed by atoms with van der Waals surface area (Å²) in [4.78, 5) is 22.9. The smallest absolute Gasteiger partial charge is 0.321 e. The van der Waals surface area contributed by atoms with E-state index in [1.54, 1.807) is 13.7 Å². The van der Waals surface area contributed by atoms with E-state index in [1.165, 1.54) is 0 Å². The number of carboxylic acids is 1. The van der Waals surface area contributed by atoms with Gasteiger partial charge in [-0.1, -0.05) is 13.2 Å². The Morgan fingerprint density at radius 1 is 1.55 bits per heavy atom. The predicted molar refractivity (Wildman–Crippen MR) is 76.4 cm³/mol. The van der Waals surface area contributed by atoms with Crippen LogP contribution >= 0.6 is 0 Å². The van der Waals surface area contributed by atoms with Crippen molar-refractivity contribution in [3.05, 3.63) is 0 Å². The number of aliphatic carboxylic acids is 1. The van der Waals surface area contributed by atoms with E-state index in [-0.39, 0.29) is 17.9 Å². The fourth-order valence-electron chi connectivity index (χ4n) is 2.55. The normalized spacial score (nSPS) is 27.1. The Morgan fingerprint density at radius 2 is 2.20 bits per heavy atom. The van der Waals surface area contributed by atoms with Crippen molar-refractivity contribution in [2.24, 2.45) is 11.7 Å². The van der Waals surface area contributed by atoms with E-state index in [0.29, 0.717) is 19.3 Å². The fraction of sp³-hybridized carbons (Fsp3) is 0.833. The second-order valence-corrected chi connectivity index (χ2v) is 5.57. The molecule has 0 saturated carbocycles. The van der Waals surface area contributed by atoms with Gasteiger partial charge in [0.1, 0.15) is 6.04 Å². The van der Waals surface area contributed by atoms with Gasteiger partial charge in [-0.05, 0) is 19.7 Å². The Morgan fingerprint density at radius 3 is 2.70 bits per heavy atom. The summed E-state index contributed by atoms with van der Waals surface area (Å²) in [6.07, 6.45) is 1.98. The minimum absolute atomic E-state index is 0.186. The van der Waals surface area contributed by atoms with Crippen LogP contribution in [0.15, 0.2) is 0 Å². The highest BCUT2D eigenvalue weighted by molar-refractivity contribution is 6.48. The summed E-state index contributed by atoms with van der Waals surface area (Å²) in [5.41, 5.74) is 5.51. The van der Waals surface area contributed by atoms with E-state index in [4.69, 9.17) is 5.73 Å². The first-order valence-electron chi connectivity index (χ1n) is 7.03. The highest BCUT2D eigenvalue weighted by Crippen LogP contribution is 2.23. The lowest BCUT2D eigenvalue weighted by Gasteiger charge is -2.23. The highest BCUT2D eigenvalue weighted by atomic mass is 16.4.